The molecule has 0 aliphatic heterocycles. The zero-order valence-electron chi connectivity index (χ0n) is 14.8. The largest absolute Gasteiger partial charge is 0.451 e. The number of fused-ring (bicyclic) bond motifs is 1. The minimum atomic E-state index is -0.330. The average molecular weight is 342 g/mol. The molecule has 1 aromatic heterocycles. The maximum Gasteiger partial charge on any atom is 0.287 e. The second-order valence-corrected chi connectivity index (χ2v) is 6.85. The van der Waals surface area contributed by atoms with E-state index in [0.29, 0.717) is 23.6 Å². The summed E-state index contributed by atoms with van der Waals surface area (Å²) in [6.45, 7) is 1.54. The molecule has 1 aliphatic rings. The lowest BCUT2D eigenvalue weighted by Gasteiger charge is -2.31. The Kier molecular flexibility index (Phi) is 5.87. The molecule has 1 heterocycles. The summed E-state index contributed by atoms with van der Waals surface area (Å²) in [6.07, 6.45) is 7.46. The van der Waals surface area contributed by atoms with Crippen molar-refractivity contribution < 1.29 is 9.21 Å². The Bertz CT molecular complexity index is 778. The minimum Gasteiger partial charge on any atom is -0.451 e. The van der Waals surface area contributed by atoms with Gasteiger partial charge in [0.15, 0.2) is 11.2 Å². The van der Waals surface area contributed by atoms with E-state index < -0.39 is 0 Å². The lowest BCUT2D eigenvalue weighted by molar-refractivity contribution is 0.0923. The van der Waals surface area contributed by atoms with Gasteiger partial charge < -0.3 is 14.6 Å². The standard InChI is InChI=1S/C20H26N2O3/c1-22(15-8-3-2-4-9-15)13-7-12-21-20(24)19-14-17(23)16-10-5-6-11-18(16)25-19/h5-6,10-11,14-15H,2-4,7-9,12-13H2,1H3,(H,21,24). The third-order valence-corrected chi connectivity index (χ3v) is 5.03. The van der Waals surface area contributed by atoms with Crippen LogP contribution in [0.4, 0.5) is 0 Å². The highest BCUT2D eigenvalue weighted by molar-refractivity contribution is 5.93. The van der Waals surface area contributed by atoms with E-state index >= 15 is 0 Å². The van der Waals surface area contributed by atoms with Crippen LogP contribution in [0.3, 0.4) is 0 Å². The summed E-state index contributed by atoms with van der Waals surface area (Å²) < 4.78 is 5.56. The number of nitrogens with zero attached hydrogens (tertiary/aromatic N) is 1. The van der Waals surface area contributed by atoms with Crippen LogP contribution < -0.4 is 10.7 Å². The van der Waals surface area contributed by atoms with Crippen LogP contribution in [0.1, 0.15) is 49.1 Å². The highest BCUT2D eigenvalue weighted by Gasteiger charge is 2.17. The predicted molar refractivity (Wildman–Crippen MR) is 98.9 cm³/mol. The molecule has 0 atom stereocenters. The summed E-state index contributed by atoms with van der Waals surface area (Å²) in [5, 5.41) is 3.34. The first-order valence-electron chi connectivity index (χ1n) is 9.16. The molecule has 0 unspecified atom stereocenters. The Morgan fingerprint density at radius 2 is 2.00 bits per heavy atom. The lowest BCUT2D eigenvalue weighted by atomic mass is 9.94. The van der Waals surface area contributed by atoms with Crippen molar-refractivity contribution in [2.45, 2.75) is 44.6 Å². The van der Waals surface area contributed by atoms with E-state index in [2.05, 4.69) is 17.3 Å². The van der Waals surface area contributed by atoms with Crippen LogP contribution >= 0.6 is 0 Å². The molecule has 5 heteroatoms. The average Bonchev–Trinajstić information content (AvgIpc) is 2.65. The van der Waals surface area contributed by atoms with Crippen molar-refractivity contribution in [1.29, 1.82) is 0 Å². The monoisotopic (exact) mass is 342 g/mol. The van der Waals surface area contributed by atoms with E-state index in [4.69, 9.17) is 4.42 Å². The van der Waals surface area contributed by atoms with Gasteiger partial charge in [0.2, 0.25) is 0 Å². The number of benzene rings is 1. The van der Waals surface area contributed by atoms with Crippen molar-refractivity contribution >= 4 is 16.9 Å². The lowest BCUT2D eigenvalue weighted by Crippen LogP contribution is -2.35. The fourth-order valence-corrected chi connectivity index (χ4v) is 3.54. The van der Waals surface area contributed by atoms with Gasteiger partial charge in [-0.2, -0.15) is 0 Å². The van der Waals surface area contributed by atoms with Gasteiger partial charge in [-0.1, -0.05) is 31.4 Å². The summed E-state index contributed by atoms with van der Waals surface area (Å²) in [5.41, 5.74) is 0.251. The van der Waals surface area contributed by atoms with E-state index in [1.54, 1.807) is 24.3 Å². The summed E-state index contributed by atoms with van der Waals surface area (Å²) >= 11 is 0. The first-order valence-corrected chi connectivity index (χ1v) is 9.16. The molecule has 1 N–H and O–H groups in total. The van der Waals surface area contributed by atoms with Crippen molar-refractivity contribution in [3.05, 3.63) is 46.3 Å². The summed E-state index contributed by atoms with van der Waals surface area (Å²) in [7, 11) is 2.17. The topological polar surface area (TPSA) is 62.6 Å². The second-order valence-electron chi connectivity index (χ2n) is 6.85. The van der Waals surface area contributed by atoms with Gasteiger partial charge in [-0.3, -0.25) is 9.59 Å². The number of para-hydroxylation sites is 1. The van der Waals surface area contributed by atoms with Gasteiger partial charge in [-0.25, -0.2) is 0 Å². The van der Waals surface area contributed by atoms with Crippen LogP contribution in [-0.4, -0.2) is 37.0 Å². The molecule has 0 saturated heterocycles. The summed E-state index contributed by atoms with van der Waals surface area (Å²) in [4.78, 5) is 26.7. The smallest absolute Gasteiger partial charge is 0.287 e. The van der Waals surface area contributed by atoms with Crippen LogP contribution in [-0.2, 0) is 0 Å². The number of hydrogen-bond acceptors (Lipinski definition) is 4. The Labute approximate surface area is 148 Å². The maximum atomic E-state index is 12.2. The molecule has 134 valence electrons. The molecule has 2 aromatic rings. The third-order valence-electron chi connectivity index (χ3n) is 5.03. The van der Waals surface area contributed by atoms with Crippen molar-refractivity contribution in [1.82, 2.24) is 10.2 Å². The van der Waals surface area contributed by atoms with Crippen LogP contribution in [0.5, 0.6) is 0 Å². The van der Waals surface area contributed by atoms with E-state index in [1.165, 1.54) is 38.2 Å². The fraction of sp³-hybridized carbons (Fsp3) is 0.500. The van der Waals surface area contributed by atoms with Gasteiger partial charge in [0.05, 0.1) is 5.39 Å². The molecule has 5 nitrogen and oxygen atoms in total. The van der Waals surface area contributed by atoms with Crippen LogP contribution in [0.25, 0.3) is 11.0 Å². The molecular formula is C20H26N2O3. The SMILES string of the molecule is CN(CCCNC(=O)c1cc(=O)c2ccccc2o1)C1CCCCC1. The summed E-state index contributed by atoms with van der Waals surface area (Å²) in [5.74, 6) is -0.257. The van der Waals surface area contributed by atoms with Gasteiger partial charge in [-0.15, -0.1) is 0 Å². The zero-order valence-corrected chi connectivity index (χ0v) is 14.8. The van der Waals surface area contributed by atoms with Crippen molar-refractivity contribution in [2.24, 2.45) is 0 Å². The fourth-order valence-electron chi connectivity index (χ4n) is 3.54. The number of carbonyl (C=O) groups is 1. The van der Waals surface area contributed by atoms with Gasteiger partial charge >= 0.3 is 0 Å². The van der Waals surface area contributed by atoms with Crippen LogP contribution in [0.2, 0.25) is 0 Å². The van der Waals surface area contributed by atoms with Gasteiger partial charge in [0.1, 0.15) is 5.58 Å². The third kappa shape index (κ3) is 4.48. The van der Waals surface area contributed by atoms with E-state index in [1.807, 2.05) is 0 Å². The van der Waals surface area contributed by atoms with E-state index in [0.717, 1.165) is 13.0 Å². The second kappa shape index (κ2) is 8.30. The molecular weight excluding hydrogens is 316 g/mol. The van der Waals surface area contributed by atoms with Crippen molar-refractivity contribution in [3.8, 4) is 0 Å². The molecule has 1 aromatic carbocycles. The molecule has 1 amide bonds. The molecule has 0 spiro atoms. The van der Waals surface area contributed by atoms with E-state index in [9.17, 15) is 9.59 Å². The minimum absolute atomic E-state index is 0.0735. The van der Waals surface area contributed by atoms with Crippen molar-refractivity contribution in [2.75, 3.05) is 20.1 Å². The zero-order chi connectivity index (χ0) is 17.6. The molecule has 25 heavy (non-hydrogen) atoms. The summed E-state index contributed by atoms with van der Waals surface area (Å²) in [6, 6.07) is 8.92. The van der Waals surface area contributed by atoms with Crippen LogP contribution in [0, 0.1) is 0 Å². The molecule has 1 aliphatic carbocycles. The number of carbonyl (C=O) groups excluding carboxylic acids is 1. The first kappa shape index (κ1) is 17.7. The Balaban J connectivity index is 1.50. The molecule has 0 bridgehead atoms. The highest BCUT2D eigenvalue weighted by Crippen LogP contribution is 2.21. The number of hydrogen-bond donors (Lipinski definition) is 1. The highest BCUT2D eigenvalue weighted by atomic mass is 16.3. The van der Waals surface area contributed by atoms with Crippen LogP contribution in [0.15, 0.2) is 39.5 Å². The Morgan fingerprint density at radius 1 is 1.24 bits per heavy atom. The number of amides is 1. The molecule has 1 fully saturated rings. The quantitative estimate of drug-likeness (QED) is 0.819. The number of nitrogens with one attached hydrogen (secondary N) is 1. The van der Waals surface area contributed by atoms with Gasteiger partial charge in [0, 0.05) is 18.7 Å². The number of rotatable bonds is 6. The molecule has 3 rings (SSSR count). The van der Waals surface area contributed by atoms with Gasteiger partial charge in [0.25, 0.3) is 5.91 Å². The van der Waals surface area contributed by atoms with Gasteiger partial charge in [-0.05, 0) is 45.0 Å². The van der Waals surface area contributed by atoms with Crippen molar-refractivity contribution in [3.63, 3.8) is 0 Å². The Hall–Kier alpha value is -2.14. The normalized spacial score (nSPS) is 15.6. The first-order chi connectivity index (χ1) is 12.1. The molecule has 0 radical (unpaired) electrons. The Morgan fingerprint density at radius 3 is 2.80 bits per heavy atom. The maximum absolute atomic E-state index is 12.2. The van der Waals surface area contributed by atoms with E-state index in [-0.39, 0.29) is 17.1 Å². The molecule has 1 saturated carbocycles. The predicted octanol–water partition coefficient (Wildman–Crippen LogP) is 3.18.